The summed E-state index contributed by atoms with van der Waals surface area (Å²) < 4.78 is 2.25. The third kappa shape index (κ3) is 5.26. The molecule has 2 aliphatic heterocycles. The Balaban J connectivity index is 1.75. The highest BCUT2D eigenvalue weighted by atomic mass is 32.2. The molecule has 0 saturated carbocycles. The van der Waals surface area contributed by atoms with Crippen LogP contribution < -0.4 is 10.5 Å². The Labute approximate surface area is 222 Å². The van der Waals surface area contributed by atoms with Gasteiger partial charge in [0, 0.05) is 51.9 Å². The van der Waals surface area contributed by atoms with Crippen LogP contribution in [0.25, 0.3) is 6.08 Å². The molecule has 1 amide bonds. The smallest absolute Gasteiger partial charge is 0.270 e. The highest BCUT2D eigenvalue weighted by Crippen LogP contribution is 2.35. The number of nitrogens with zero attached hydrogens (tertiary/aromatic N) is 5. The summed E-state index contributed by atoms with van der Waals surface area (Å²) in [5.74, 6) is 0.638. The number of benzene rings is 1. The average Bonchev–Trinajstić information content (AvgIpc) is 3.12. The van der Waals surface area contributed by atoms with Gasteiger partial charge in [0.2, 0.25) is 0 Å². The van der Waals surface area contributed by atoms with Crippen molar-refractivity contribution >= 4 is 46.1 Å². The first-order chi connectivity index (χ1) is 17.3. The monoisotopic (exact) mass is 521 g/mol. The Morgan fingerprint density at radius 1 is 1.14 bits per heavy atom. The fourth-order valence-corrected chi connectivity index (χ4v) is 5.81. The summed E-state index contributed by atoms with van der Waals surface area (Å²) in [7, 11) is 1.67. The molecule has 188 valence electrons. The fraction of sp³-hybridized carbons (Fsp3) is 0.407. The summed E-state index contributed by atoms with van der Waals surface area (Å²) in [4.78, 5) is 32.9. The number of carbonyl (C=O) groups excluding carboxylic acids is 1. The fourth-order valence-electron chi connectivity index (χ4n) is 4.64. The van der Waals surface area contributed by atoms with E-state index in [1.54, 1.807) is 18.5 Å². The second-order valence-electron chi connectivity index (χ2n) is 9.15. The Hall–Kier alpha value is -2.93. The molecule has 0 unspecified atom stereocenters. The second kappa shape index (κ2) is 11.4. The van der Waals surface area contributed by atoms with E-state index in [4.69, 9.17) is 12.2 Å². The van der Waals surface area contributed by atoms with Gasteiger partial charge in [-0.25, -0.2) is 0 Å². The van der Waals surface area contributed by atoms with Gasteiger partial charge in [0.05, 0.1) is 4.91 Å². The quantitative estimate of drug-likeness (QED) is 0.403. The van der Waals surface area contributed by atoms with Crippen molar-refractivity contribution in [3.63, 3.8) is 0 Å². The molecule has 1 aromatic heterocycles. The molecular weight excluding hydrogens is 490 g/mol. The number of amides is 1. The highest BCUT2D eigenvalue weighted by molar-refractivity contribution is 8.26. The van der Waals surface area contributed by atoms with Gasteiger partial charge in [-0.05, 0) is 30.5 Å². The van der Waals surface area contributed by atoms with E-state index < -0.39 is 0 Å². The van der Waals surface area contributed by atoms with Crippen LogP contribution in [0.2, 0.25) is 0 Å². The number of nitriles is 1. The maximum Gasteiger partial charge on any atom is 0.270 e. The minimum Gasteiger partial charge on any atom is -0.355 e. The van der Waals surface area contributed by atoms with Crippen molar-refractivity contribution in [2.75, 3.05) is 38.1 Å². The number of piperazine rings is 1. The molecule has 0 aliphatic carbocycles. The molecule has 7 nitrogen and oxygen atoms in total. The SMILES string of the molecule is CCCCn1c(N2CCN(Cc3ccccc3)CC2)c(C=C2SC(=S)N(C)C2=O)c(C)c(C#N)c1=O. The van der Waals surface area contributed by atoms with Gasteiger partial charge in [-0.2, -0.15) is 5.26 Å². The standard InChI is InChI=1S/C27H31N5O2S2/c1-4-5-11-32-24(31-14-12-30(13-15-31)18-20-9-7-6-8-10-20)21(19(2)22(17-28)25(32)33)16-23-26(34)29(3)27(35)36-23/h6-10,16H,4-5,11-15,18H2,1-3H3. The number of hydrogen-bond donors (Lipinski definition) is 0. The number of aromatic nitrogens is 1. The number of unbranched alkanes of at least 4 members (excludes halogenated alkanes) is 1. The summed E-state index contributed by atoms with van der Waals surface area (Å²) in [6, 6.07) is 12.5. The topological polar surface area (TPSA) is 72.6 Å². The predicted octanol–water partition coefficient (Wildman–Crippen LogP) is 3.98. The van der Waals surface area contributed by atoms with Crippen LogP contribution in [0.5, 0.6) is 0 Å². The van der Waals surface area contributed by atoms with Crippen LogP contribution in [-0.2, 0) is 17.9 Å². The van der Waals surface area contributed by atoms with Crippen molar-refractivity contribution in [2.24, 2.45) is 0 Å². The van der Waals surface area contributed by atoms with E-state index in [2.05, 4.69) is 47.1 Å². The van der Waals surface area contributed by atoms with Crippen LogP contribution in [0, 0.1) is 18.3 Å². The Morgan fingerprint density at radius 3 is 2.42 bits per heavy atom. The van der Waals surface area contributed by atoms with E-state index in [1.165, 1.54) is 22.2 Å². The molecule has 2 aromatic rings. The molecular formula is C27H31N5O2S2. The molecule has 4 rings (SSSR count). The van der Waals surface area contributed by atoms with E-state index in [0.29, 0.717) is 21.3 Å². The highest BCUT2D eigenvalue weighted by Gasteiger charge is 2.31. The minimum atomic E-state index is -0.259. The number of thioether (sulfide) groups is 1. The van der Waals surface area contributed by atoms with Gasteiger partial charge in [-0.3, -0.25) is 24.0 Å². The molecule has 36 heavy (non-hydrogen) atoms. The van der Waals surface area contributed by atoms with E-state index in [-0.39, 0.29) is 17.0 Å². The van der Waals surface area contributed by atoms with Gasteiger partial charge >= 0.3 is 0 Å². The zero-order chi connectivity index (χ0) is 25.8. The number of thiocarbonyl (C=S) groups is 1. The molecule has 2 saturated heterocycles. The maximum absolute atomic E-state index is 13.4. The predicted molar refractivity (Wildman–Crippen MR) is 150 cm³/mol. The number of pyridine rings is 1. The number of anilines is 1. The lowest BCUT2D eigenvalue weighted by Gasteiger charge is -2.38. The van der Waals surface area contributed by atoms with Gasteiger partial charge < -0.3 is 4.90 Å². The Morgan fingerprint density at radius 2 is 1.83 bits per heavy atom. The molecule has 0 radical (unpaired) electrons. The van der Waals surface area contributed by atoms with Gasteiger partial charge in [-0.1, -0.05) is 67.7 Å². The lowest BCUT2D eigenvalue weighted by Crippen LogP contribution is -2.48. The van der Waals surface area contributed by atoms with E-state index in [1.807, 2.05) is 12.1 Å². The van der Waals surface area contributed by atoms with Gasteiger partial charge in [-0.15, -0.1) is 0 Å². The van der Waals surface area contributed by atoms with Crippen molar-refractivity contribution in [3.8, 4) is 6.07 Å². The summed E-state index contributed by atoms with van der Waals surface area (Å²) in [5, 5.41) is 9.84. The molecule has 0 bridgehead atoms. The van der Waals surface area contributed by atoms with E-state index in [9.17, 15) is 14.9 Å². The van der Waals surface area contributed by atoms with Crippen LogP contribution in [0.4, 0.5) is 5.82 Å². The molecule has 1 aromatic carbocycles. The Kier molecular flexibility index (Phi) is 8.29. The summed E-state index contributed by atoms with van der Waals surface area (Å²) in [5.41, 5.74) is 2.52. The summed E-state index contributed by atoms with van der Waals surface area (Å²) in [6.07, 6.45) is 3.58. The molecule has 2 aliphatic rings. The molecule has 0 spiro atoms. The molecule has 3 heterocycles. The zero-order valence-electron chi connectivity index (χ0n) is 21.0. The van der Waals surface area contributed by atoms with Crippen LogP contribution in [0.15, 0.2) is 40.0 Å². The normalized spacial score (nSPS) is 17.8. The average molecular weight is 522 g/mol. The maximum atomic E-state index is 13.4. The first kappa shape index (κ1) is 26.1. The lowest BCUT2D eigenvalue weighted by molar-refractivity contribution is -0.121. The lowest BCUT2D eigenvalue weighted by atomic mass is 10.0. The second-order valence-corrected chi connectivity index (χ2v) is 10.8. The minimum absolute atomic E-state index is 0.135. The summed E-state index contributed by atoms with van der Waals surface area (Å²) >= 11 is 6.58. The molecule has 0 N–H and O–H groups in total. The van der Waals surface area contributed by atoms with Crippen molar-refractivity contribution in [1.29, 1.82) is 5.26 Å². The molecule has 9 heteroatoms. The number of likely N-dealkylation sites (N-methyl/N-ethyl adjacent to an activating group) is 1. The number of rotatable bonds is 7. The van der Waals surface area contributed by atoms with E-state index >= 15 is 0 Å². The van der Waals surface area contributed by atoms with Crippen molar-refractivity contribution in [3.05, 3.63) is 67.8 Å². The van der Waals surface area contributed by atoms with Crippen LogP contribution in [-0.4, -0.2) is 57.8 Å². The third-order valence-corrected chi connectivity index (χ3v) is 8.25. The van der Waals surface area contributed by atoms with Crippen molar-refractivity contribution < 1.29 is 4.79 Å². The first-order valence-electron chi connectivity index (χ1n) is 12.3. The van der Waals surface area contributed by atoms with Gasteiger partial charge in [0.1, 0.15) is 21.8 Å². The Bertz CT molecular complexity index is 1290. The van der Waals surface area contributed by atoms with E-state index in [0.717, 1.165) is 56.9 Å². The van der Waals surface area contributed by atoms with Crippen molar-refractivity contribution in [2.45, 2.75) is 39.8 Å². The molecule has 0 atom stereocenters. The van der Waals surface area contributed by atoms with Crippen molar-refractivity contribution in [1.82, 2.24) is 14.4 Å². The first-order valence-corrected chi connectivity index (χ1v) is 13.5. The van der Waals surface area contributed by atoms with Crippen LogP contribution >= 0.6 is 24.0 Å². The van der Waals surface area contributed by atoms with Gasteiger partial charge in [0.15, 0.2) is 0 Å². The number of hydrogen-bond acceptors (Lipinski definition) is 7. The molecule has 2 fully saturated rings. The zero-order valence-corrected chi connectivity index (χ0v) is 22.6. The van der Waals surface area contributed by atoms with Crippen LogP contribution in [0.1, 0.15) is 42.0 Å². The summed E-state index contributed by atoms with van der Waals surface area (Å²) in [6.45, 7) is 8.50. The largest absolute Gasteiger partial charge is 0.355 e. The van der Waals surface area contributed by atoms with Crippen LogP contribution in [0.3, 0.4) is 0 Å². The number of carbonyl (C=O) groups is 1. The van der Waals surface area contributed by atoms with Gasteiger partial charge in [0.25, 0.3) is 11.5 Å². The third-order valence-electron chi connectivity index (χ3n) is 6.76.